The largest absolute Gasteiger partial charge is 0.463 e. The highest BCUT2D eigenvalue weighted by Gasteiger charge is 2.28. The predicted octanol–water partition coefficient (Wildman–Crippen LogP) is 3.32. The lowest BCUT2D eigenvalue weighted by Gasteiger charge is -2.17. The number of carbonyl (C=O) groups excluding carboxylic acids is 2. The Balaban J connectivity index is 1.54. The number of aromatic nitrogens is 2. The molecule has 0 bridgehead atoms. The molecule has 3 heterocycles. The molecule has 1 saturated heterocycles. The Morgan fingerprint density at radius 2 is 2.07 bits per heavy atom. The standard InChI is InChI=1S/C21H22ClN5O3/c1-2-23-21(29)26-10-9-15(13-26)24-20(28)17-12-18(19-4-3-11-30-19)27(25-17)16-7-5-14(22)6-8-16/h3-8,11-12,15H,2,9-10,13H2,1H3,(H,23,29)(H,24,28)/t15-/m1/s1. The van der Waals surface area contributed by atoms with Crippen LogP contribution in [0.4, 0.5) is 4.79 Å². The molecule has 1 fully saturated rings. The van der Waals surface area contributed by atoms with E-state index in [1.807, 2.05) is 25.1 Å². The van der Waals surface area contributed by atoms with Gasteiger partial charge in [-0.1, -0.05) is 11.6 Å². The molecule has 4 rings (SSSR count). The fourth-order valence-corrected chi connectivity index (χ4v) is 3.58. The molecular formula is C21H22ClN5O3. The van der Waals surface area contributed by atoms with Crippen LogP contribution in [0.2, 0.25) is 5.02 Å². The lowest BCUT2D eigenvalue weighted by molar-refractivity contribution is 0.0932. The molecule has 9 heteroatoms. The number of nitrogens with zero attached hydrogens (tertiary/aromatic N) is 3. The first-order valence-electron chi connectivity index (χ1n) is 9.78. The maximum atomic E-state index is 12.9. The molecule has 1 atom stereocenters. The number of amides is 3. The predicted molar refractivity (Wildman–Crippen MR) is 113 cm³/mol. The van der Waals surface area contributed by atoms with E-state index >= 15 is 0 Å². The number of carbonyl (C=O) groups is 2. The van der Waals surface area contributed by atoms with Gasteiger partial charge in [-0.25, -0.2) is 9.48 Å². The Bertz CT molecular complexity index is 1030. The van der Waals surface area contributed by atoms with Crippen molar-refractivity contribution in [2.75, 3.05) is 19.6 Å². The van der Waals surface area contributed by atoms with Gasteiger partial charge >= 0.3 is 6.03 Å². The summed E-state index contributed by atoms with van der Waals surface area (Å²) in [7, 11) is 0. The van der Waals surface area contributed by atoms with Crippen molar-refractivity contribution in [3.8, 4) is 17.1 Å². The maximum Gasteiger partial charge on any atom is 0.317 e. The topological polar surface area (TPSA) is 92.4 Å². The normalized spacial score (nSPS) is 15.9. The van der Waals surface area contributed by atoms with Crippen LogP contribution in [0.1, 0.15) is 23.8 Å². The van der Waals surface area contributed by atoms with Gasteiger partial charge in [0.1, 0.15) is 5.69 Å². The summed E-state index contributed by atoms with van der Waals surface area (Å²) in [6, 6.07) is 12.2. The Morgan fingerprint density at radius 1 is 1.27 bits per heavy atom. The van der Waals surface area contributed by atoms with Crippen LogP contribution in [0, 0.1) is 0 Å². The molecule has 0 radical (unpaired) electrons. The summed E-state index contributed by atoms with van der Waals surface area (Å²) in [6.07, 6.45) is 2.27. The van der Waals surface area contributed by atoms with Crippen molar-refractivity contribution in [3.05, 3.63) is 59.4 Å². The fraction of sp³-hybridized carbons (Fsp3) is 0.286. The summed E-state index contributed by atoms with van der Waals surface area (Å²) in [5, 5.41) is 10.9. The van der Waals surface area contributed by atoms with Crippen LogP contribution in [0.5, 0.6) is 0 Å². The van der Waals surface area contributed by atoms with E-state index in [0.29, 0.717) is 42.5 Å². The fourth-order valence-electron chi connectivity index (χ4n) is 3.46. The lowest BCUT2D eigenvalue weighted by Crippen LogP contribution is -2.42. The van der Waals surface area contributed by atoms with Crippen LogP contribution in [0.25, 0.3) is 17.1 Å². The summed E-state index contributed by atoms with van der Waals surface area (Å²) in [6.45, 7) is 3.53. The second-order valence-electron chi connectivity index (χ2n) is 7.02. The second kappa shape index (κ2) is 8.62. The van der Waals surface area contributed by atoms with Crippen LogP contribution in [-0.4, -0.2) is 52.3 Å². The van der Waals surface area contributed by atoms with Crippen molar-refractivity contribution in [1.82, 2.24) is 25.3 Å². The number of nitrogens with one attached hydrogen (secondary N) is 2. The average molecular weight is 428 g/mol. The number of hydrogen-bond donors (Lipinski definition) is 2. The van der Waals surface area contributed by atoms with Gasteiger partial charge in [0.05, 0.1) is 12.0 Å². The van der Waals surface area contributed by atoms with E-state index in [0.717, 1.165) is 5.69 Å². The van der Waals surface area contributed by atoms with E-state index in [9.17, 15) is 9.59 Å². The molecule has 3 aromatic rings. The first-order chi connectivity index (χ1) is 14.5. The van der Waals surface area contributed by atoms with E-state index in [2.05, 4.69) is 15.7 Å². The highest BCUT2D eigenvalue weighted by atomic mass is 35.5. The summed E-state index contributed by atoms with van der Waals surface area (Å²) in [5.74, 6) is 0.304. The van der Waals surface area contributed by atoms with Gasteiger partial charge in [0.2, 0.25) is 0 Å². The van der Waals surface area contributed by atoms with Crippen molar-refractivity contribution < 1.29 is 14.0 Å². The first-order valence-corrected chi connectivity index (χ1v) is 10.2. The third kappa shape index (κ3) is 4.18. The van der Waals surface area contributed by atoms with Crippen LogP contribution in [0.3, 0.4) is 0 Å². The van der Waals surface area contributed by atoms with E-state index in [1.165, 1.54) is 0 Å². The number of furan rings is 1. The minimum absolute atomic E-state index is 0.110. The minimum Gasteiger partial charge on any atom is -0.463 e. The van der Waals surface area contributed by atoms with Gasteiger partial charge < -0.3 is 20.0 Å². The summed E-state index contributed by atoms with van der Waals surface area (Å²) < 4.78 is 7.18. The molecule has 1 aliphatic heterocycles. The molecule has 2 aromatic heterocycles. The van der Waals surface area contributed by atoms with Gasteiger partial charge in [-0.05, 0) is 49.7 Å². The molecular weight excluding hydrogens is 406 g/mol. The van der Waals surface area contributed by atoms with Crippen molar-refractivity contribution in [1.29, 1.82) is 0 Å². The van der Waals surface area contributed by atoms with Gasteiger partial charge in [0.25, 0.3) is 5.91 Å². The molecule has 1 aromatic carbocycles. The number of hydrogen-bond acceptors (Lipinski definition) is 4. The maximum absolute atomic E-state index is 12.9. The zero-order valence-electron chi connectivity index (χ0n) is 16.5. The number of urea groups is 1. The smallest absolute Gasteiger partial charge is 0.317 e. The molecule has 8 nitrogen and oxygen atoms in total. The summed E-state index contributed by atoms with van der Waals surface area (Å²) in [4.78, 5) is 26.5. The minimum atomic E-state index is -0.293. The van der Waals surface area contributed by atoms with Gasteiger partial charge in [-0.15, -0.1) is 0 Å². The Morgan fingerprint density at radius 3 is 2.77 bits per heavy atom. The monoisotopic (exact) mass is 427 g/mol. The van der Waals surface area contributed by atoms with Gasteiger partial charge in [0, 0.05) is 36.8 Å². The Kier molecular flexibility index (Phi) is 5.76. The van der Waals surface area contributed by atoms with Gasteiger partial charge in [-0.3, -0.25) is 4.79 Å². The van der Waals surface area contributed by atoms with Gasteiger partial charge in [0.15, 0.2) is 11.5 Å². The van der Waals surface area contributed by atoms with Crippen molar-refractivity contribution in [3.63, 3.8) is 0 Å². The van der Waals surface area contributed by atoms with Gasteiger partial charge in [-0.2, -0.15) is 5.10 Å². The van der Waals surface area contributed by atoms with E-state index in [-0.39, 0.29) is 23.7 Å². The van der Waals surface area contributed by atoms with Crippen molar-refractivity contribution >= 4 is 23.5 Å². The van der Waals surface area contributed by atoms with Crippen LogP contribution < -0.4 is 10.6 Å². The lowest BCUT2D eigenvalue weighted by atomic mass is 10.2. The zero-order chi connectivity index (χ0) is 21.1. The number of rotatable bonds is 5. The van der Waals surface area contributed by atoms with Crippen molar-refractivity contribution in [2.24, 2.45) is 0 Å². The van der Waals surface area contributed by atoms with Crippen LogP contribution in [-0.2, 0) is 0 Å². The molecule has 0 unspecified atom stereocenters. The third-order valence-corrected chi connectivity index (χ3v) is 5.18. The molecule has 0 saturated carbocycles. The third-order valence-electron chi connectivity index (χ3n) is 4.93. The molecule has 3 amide bonds. The Labute approximate surface area is 178 Å². The molecule has 1 aliphatic rings. The molecule has 0 aliphatic carbocycles. The summed E-state index contributed by atoms with van der Waals surface area (Å²) >= 11 is 6.00. The number of likely N-dealkylation sites (tertiary alicyclic amines) is 1. The molecule has 156 valence electrons. The Hall–Kier alpha value is -3.26. The molecule has 2 N–H and O–H groups in total. The molecule has 0 spiro atoms. The van der Waals surface area contributed by atoms with Crippen LogP contribution in [0.15, 0.2) is 53.1 Å². The number of benzene rings is 1. The second-order valence-corrected chi connectivity index (χ2v) is 7.46. The van der Waals surface area contributed by atoms with E-state index in [1.54, 1.807) is 40.1 Å². The number of halogens is 1. The van der Waals surface area contributed by atoms with Crippen LogP contribution >= 0.6 is 11.6 Å². The zero-order valence-corrected chi connectivity index (χ0v) is 17.2. The highest BCUT2D eigenvalue weighted by molar-refractivity contribution is 6.30. The quantitative estimate of drug-likeness (QED) is 0.653. The SMILES string of the molecule is CCNC(=O)N1CC[C@@H](NC(=O)c2cc(-c3ccco3)n(-c3ccc(Cl)cc3)n2)C1. The molecule has 30 heavy (non-hydrogen) atoms. The van der Waals surface area contributed by atoms with Crippen molar-refractivity contribution in [2.45, 2.75) is 19.4 Å². The van der Waals surface area contributed by atoms with E-state index < -0.39 is 0 Å². The average Bonchev–Trinajstić information content (AvgIpc) is 3.49. The van der Waals surface area contributed by atoms with E-state index in [4.69, 9.17) is 16.0 Å². The highest BCUT2D eigenvalue weighted by Crippen LogP contribution is 2.25. The summed E-state index contributed by atoms with van der Waals surface area (Å²) in [5.41, 5.74) is 1.68. The first kappa shape index (κ1) is 20.0.